The molecule has 1 amide bonds. The fraction of sp³-hybridized carbons (Fsp3) is 0.381. The van der Waals surface area contributed by atoms with Gasteiger partial charge in [0.05, 0.1) is 0 Å². The number of benzene rings is 1. The van der Waals surface area contributed by atoms with E-state index in [1.807, 2.05) is 6.07 Å². The number of carbonyl (C=O) groups is 3. The van der Waals surface area contributed by atoms with Crippen LogP contribution in [-0.2, 0) is 22.4 Å². The molecule has 4 rings (SSSR count). The molecule has 6 heteroatoms. The number of amides is 1. The van der Waals surface area contributed by atoms with Gasteiger partial charge in [-0.2, -0.15) is 0 Å². The van der Waals surface area contributed by atoms with Gasteiger partial charge in [0.15, 0.2) is 12.4 Å². The lowest BCUT2D eigenvalue weighted by Crippen LogP contribution is -2.23. The second-order valence-electron chi connectivity index (χ2n) is 6.96. The van der Waals surface area contributed by atoms with Crippen molar-refractivity contribution in [3.05, 3.63) is 51.2 Å². The average Bonchev–Trinajstić information content (AvgIpc) is 3.32. The number of rotatable bonds is 5. The Bertz CT molecular complexity index is 861. The van der Waals surface area contributed by atoms with Crippen molar-refractivity contribution in [2.75, 3.05) is 18.1 Å². The standard InChI is InChI=1S/C21H21NO4S/c23-17(14-7-9-16(10-8-14)22-11-3-6-20(22)24)13-26-21(25)19-12-15-4-1-2-5-18(15)27-19/h7-10,12H,1-6,11,13H2. The van der Waals surface area contributed by atoms with E-state index in [2.05, 4.69) is 0 Å². The van der Waals surface area contributed by atoms with E-state index >= 15 is 0 Å². The fourth-order valence-corrected chi connectivity index (χ4v) is 4.77. The lowest BCUT2D eigenvalue weighted by molar-refractivity contribution is -0.117. The number of Topliss-reactive ketones (excluding diaryl/α,β-unsaturated/α-hetero) is 1. The lowest BCUT2D eigenvalue weighted by atomic mass is 9.99. The summed E-state index contributed by atoms with van der Waals surface area (Å²) in [5.41, 5.74) is 2.52. The van der Waals surface area contributed by atoms with Crippen molar-refractivity contribution in [3.63, 3.8) is 0 Å². The molecule has 1 aliphatic carbocycles. The Hall–Kier alpha value is -2.47. The number of thiophene rings is 1. The largest absolute Gasteiger partial charge is 0.453 e. The van der Waals surface area contributed by atoms with Crippen LogP contribution in [0.4, 0.5) is 5.69 Å². The van der Waals surface area contributed by atoms with Crippen LogP contribution in [0.5, 0.6) is 0 Å². The molecule has 5 nitrogen and oxygen atoms in total. The number of ether oxygens (including phenoxy) is 1. The third kappa shape index (κ3) is 3.81. The Morgan fingerprint density at radius 1 is 1.04 bits per heavy atom. The maximum absolute atomic E-state index is 12.3. The number of hydrogen-bond acceptors (Lipinski definition) is 5. The summed E-state index contributed by atoms with van der Waals surface area (Å²) in [6, 6.07) is 8.81. The number of nitrogens with zero attached hydrogens (tertiary/aromatic N) is 1. The van der Waals surface area contributed by atoms with Crippen molar-refractivity contribution in [1.82, 2.24) is 0 Å². The Labute approximate surface area is 161 Å². The Balaban J connectivity index is 1.35. The Morgan fingerprint density at radius 3 is 2.52 bits per heavy atom. The van der Waals surface area contributed by atoms with Crippen molar-refractivity contribution in [2.24, 2.45) is 0 Å². The van der Waals surface area contributed by atoms with E-state index in [1.54, 1.807) is 29.2 Å². The quantitative estimate of drug-likeness (QED) is 0.582. The number of ketones is 1. The van der Waals surface area contributed by atoms with E-state index in [4.69, 9.17) is 4.74 Å². The molecule has 2 aromatic rings. The molecule has 0 spiro atoms. The molecule has 1 aromatic heterocycles. The first-order chi connectivity index (χ1) is 13.1. The number of esters is 1. The highest BCUT2D eigenvalue weighted by molar-refractivity contribution is 7.14. The first-order valence-corrected chi connectivity index (χ1v) is 10.2. The number of fused-ring (bicyclic) bond motifs is 1. The summed E-state index contributed by atoms with van der Waals surface area (Å²) in [7, 11) is 0. The zero-order chi connectivity index (χ0) is 18.8. The number of hydrogen-bond donors (Lipinski definition) is 0. The number of anilines is 1. The molecule has 1 fully saturated rings. The van der Waals surface area contributed by atoms with E-state index < -0.39 is 5.97 Å². The molecule has 0 atom stereocenters. The van der Waals surface area contributed by atoms with Crippen LogP contribution in [0.2, 0.25) is 0 Å². The third-order valence-corrected chi connectivity index (χ3v) is 6.32. The predicted molar refractivity (Wildman–Crippen MR) is 104 cm³/mol. The van der Waals surface area contributed by atoms with E-state index in [0.717, 1.165) is 31.4 Å². The van der Waals surface area contributed by atoms with E-state index in [1.165, 1.54) is 28.2 Å². The maximum Gasteiger partial charge on any atom is 0.348 e. The van der Waals surface area contributed by atoms with Gasteiger partial charge in [0.2, 0.25) is 5.91 Å². The number of aryl methyl sites for hydroxylation is 2. The van der Waals surface area contributed by atoms with Gasteiger partial charge < -0.3 is 9.64 Å². The van der Waals surface area contributed by atoms with Crippen molar-refractivity contribution in [3.8, 4) is 0 Å². The third-order valence-electron chi connectivity index (χ3n) is 5.11. The molecule has 1 aliphatic heterocycles. The van der Waals surface area contributed by atoms with Crippen molar-refractivity contribution in [2.45, 2.75) is 38.5 Å². The monoisotopic (exact) mass is 383 g/mol. The molecule has 2 aliphatic rings. The minimum atomic E-state index is -0.429. The molecule has 0 bridgehead atoms. The van der Waals surface area contributed by atoms with Gasteiger partial charge in [-0.3, -0.25) is 9.59 Å². The normalized spacial score (nSPS) is 16.3. The van der Waals surface area contributed by atoms with Gasteiger partial charge in [-0.25, -0.2) is 4.79 Å². The minimum absolute atomic E-state index is 0.113. The summed E-state index contributed by atoms with van der Waals surface area (Å²) in [5.74, 6) is -0.562. The second-order valence-corrected chi connectivity index (χ2v) is 8.10. The smallest absolute Gasteiger partial charge is 0.348 e. The van der Waals surface area contributed by atoms with Gasteiger partial charge in [-0.15, -0.1) is 11.3 Å². The average molecular weight is 383 g/mol. The summed E-state index contributed by atoms with van der Waals surface area (Å²) in [6.45, 7) is 0.442. The molecule has 140 valence electrons. The SMILES string of the molecule is O=C(COC(=O)c1cc2c(s1)CCCC2)c1ccc(N2CCCC2=O)cc1. The van der Waals surface area contributed by atoms with E-state index in [-0.39, 0.29) is 18.3 Å². The highest BCUT2D eigenvalue weighted by atomic mass is 32.1. The van der Waals surface area contributed by atoms with Crippen LogP contribution < -0.4 is 4.90 Å². The number of carbonyl (C=O) groups excluding carboxylic acids is 3. The van der Waals surface area contributed by atoms with Crippen LogP contribution in [0.25, 0.3) is 0 Å². The zero-order valence-corrected chi connectivity index (χ0v) is 15.8. The first-order valence-electron chi connectivity index (χ1n) is 9.34. The second kappa shape index (κ2) is 7.64. The molecule has 0 saturated carbocycles. The van der Waals surface area contributed by atoms with Crippen LogP contribution >= 0.6 is 11.3 Å². The van der Waals surface area contributed by atoms with E-state index in [9.17, 15) is 14.4 Å². The van der Waals surface area contributed by atoms with E-state index in [0.29, 0.717) is 23.4 Å². The topological polar surface area (TPSA) is 63.7 Å². The molecular formula is C21H21NO4S. The fourth-order valence-electron chi connectivity index (χ4n) is 3.63. The van der Waals surface area contributed by atoms with Crippen LogP contribution in [-0.4, -0.2) is 30.8 Å². The summed E-state index contributed by atoms with van der Waals surface area (Å²) < 4.78 is 5.23. The van der Waals surface area contributed by atoms with Crippen LogP contribution in [0.1, 0.15) is 56.2 Å². The molecule has 0 unspecified atom stereocenters. The van der Waals surface area contributed by atoms with Gasteiger partial charge in [0, 0.05) is 29.1 Å². The molecule has 2 heterocycles. The van der Waals surface area contributed by atoms with Crippen LogP contribution in [0.3, 0.4) is 0 Å². The summed E-state index contributed by atoms with van der Waals surface area (Å²) in [5, 5.41) is 0. The lowest BCUT2D eigenvalue weighted by Gasteiger charge is -2.15. The molecule has 1 saturated heterocycles. The van der Waals surface area contributed by atoms with Gasteiger partial charge in [-0.05, 0) is 68.0 Å². The van der Waals surface area contributed by atoms with Crippen LogP contribution in [0, 0.1) is 0 Å². The molecule has 0 radical (unpaired) electrons. The molecule has 27 heavy (non-hydrogen) atoms. The minimum Gasteiger partial charge on any atom is -0.453 e. The molecule has 0 N–H and O–H groups in total. The van der Waals surface area contributed by atoms with Gasteiger partial charge in [0.25, 0.3) is 0 Å². The van der Waals surface area contributed by atoms with Gasteiger partial charge in [0.1, 0.15) is 4.88 Å². The van der Waals surface area contributed by atoms with Crippen molar-refractivity contribution >= 4 is 34.7 Å². The first kappa shape index (κ1) is 17.9. The Kier molecular flexibility index (Phi) is 5.07. The van der Waals surface area contributed by atoms with Crippen molar-refractivity contribution < 1.29 is 19.1 Å². The van der Waals surface area contributed by atoms with Crippen molar-refractivity contribution in [1.29, 1.82) is 0 Å². The zero-order valence-electron chi connectivity index (χ0n) is 15.0. The summed E-state index contributed by atoms with van der Waals surface area (Å²) >= 11 is 1.48. The molecular weight excluding hydrogens is 362 g/mol. The maximum atomic E-state index is 12.3. The molecule has 1 aromatic carbocycles. The van der Waals surface area contributed by atoms with Gasteiger partial charge >= 0.3 is 5.97 Å². The van der Waals surface area contributed by atoms with Gasteiger partial charge in [-0.1, -0.05) is 0 Å². The Morgan fingerprint density at radius 2 is 1.81 bits per heavy atom. The predicted octanol–water partition coefficient (Wildman–Crippen LogP) is 3.79. The summed E-state index contributed by atoms with van der Waals surface area (Å²) in [4.78, 5) is 39.9. The summed E-state index contributed by atoms with van der Waals surface area (Å²) in [6.07, 6.45) is 5.81. The highest BCUT2D eigenvalue weighted by Gasteiger charge is 2.22. The van der Waals surface area contributed by atoms with Crippen LogP contribution in [0.15, 0.2) is 30.3 Å². The highest BCUT2D eigenvalue weighted by Crippen LogP contribution is 2.30.